The fourth-order valence-electron chi connectivity index (χ4n) is 3.66. The molecule has 32 heavy (non-hydrogen) atoms. The first-order chi connectivity index (χ1) is 15.4. The summed E-state index contributed by atoms with van der Waals surface area (Å²) >= 11 is 0. The van der Waals surface area contributed by atoms with E-state index >= 15 is 0 Å². The van der Waals surface area contributed by atoms with Crippen LogP contribution in [-0.2, 0) is 29.0 Å². The number of ether oxygens (including phenoxy) is 1. The van der Waals surface area contributed by atoms with E-state index in [1.807, 2.05) is 45.0 Å². The van der Waals surface area contributed by atoms with Gasteiger partial charge in [-0.2, -0.15) is 0 Å². The van der Waals surface area contributed by atoms with Crippen molar-refractivity contribution in [3.63, 3.8) is 0 Å². The van der Waals surface area contributed by atoms with Crippen molar-refractivity contribution in [1.29, 1.82) is 0 Å². The molecule has 5 nitrogen and oxygen atoms in total. The minimum Gasteiger partial charge on any atom is -0.497 e. The van der Waals surface area contributed by atoms with Crippen LogP contribution in [0.15, 0.2) is 48.5 Å². The van der Waals surface area contributed by atoms with E-state index in [0.717, 1.165) is 29.7 Å². The number of amides is 2. The Labute approximate surface area is 193 Å². The Hall–Kier alpha value is -2.82. The van der Waals surface area contributed by atoms with E-state index in [4.69, 9.17) is 4.74 Å². The Morgan fingerprint density at radius 1 is 0.969 bits per heavy atom. The summed E-state index contributed by atoms with van der Waals surface area (Å²) in [6.45, 7) is 8.48. The van der Waals surface area contributed by atoms with Crippen molar-refractivity contribution >= 4 is 11.8 Å². The number of carbonyl (C=O) groups is 2. The molecule has 2 atom stereocenters. The average Bonchev–Trinajstić information content (AvgIpc) is 2.82. The molecule has 2 amide bonds. The van der Waals surface area contributed by atoms with Crippen molar-refractivity contribution in [2.75, 3.05) is 7.11 Å². The van der Waals surface area contributed by atoms with Gasteiger partial charge in [0.25, 0.3) is 0 Å². The molecule has 0 bridgehead atoms. The summed E-state index contributed by atoms with van der Waals surface area (Å²) in [4.78, 5) is 28.1. The van der Waals surface area contributed by atoms with Crippen LogP contribution < -0.4 is 10.1 Å². The van der Waals surface area contributed by atoms with Crippen LogP contribution in [0.3, 0.4) is 0 Å². The first-order valence-electron chi connectivity index (χ1n) is 11.7. The molecular formula is C27H38N2O3. The lowest BCUT2D eigenvalue weighted by molar-refractivity contribution is -0.141. The van der Waals surface area contributed by atoms with E-state index in [0.29, 0.717) is 25.8 Å². The second-order valence-electron chi connectivity index (χ2n) is 8.29. The van der Waals surface area contributed by atoms with Gasteiger partial charge in [-0.15, -0.1) is 0 Å². The summed E-state index contributed by atoms with van der Waals surface area (Å²) in [5.74, 6) is 0.631. The highest BCUT2D eigenvalue weighted by molar-refractivity contribution is 5.88. The van der Waals surface area contributed by atoms with E-state index in [1.165, 1.54) is 5.56 Å². The molecule has 0 aromatic heterocycles. The van der Waals surface area contributed by atoms with Gasteiger partial charge in [-0.3, -0.25) is 9.59 Å². The maximum absolute atomic E-state index is 13.4. The lowest BCUT2D eigenvalue weighted by atomic mass is 10.0. The minimum atomic E-state index is -0.509. The Balaban J connectivity index is 2.21. The van der Waals surface area contributed by atoms with Gasteiger partial charge in [0, 0.05) is 19.0 Å². The van der Waals surface area contributed by atoms with Crippen molar-refractivity contribution < 1.29 is 14.3 Å². The van der Waals surface area contributed by atoms with Gasteiger partial charge in [0.1, 0.15) is 11.8 Å². The van der Waals surface area contributed by atoms with Crippen LogP contribution in [0.1, 0.15) is 63.6 Å². The SMILES string of the molecule is CCc1ccc(CCC(=O)N(Cc2cccc(OC)c2)[C@@H](CC)C(=O)N[C@H](C)CC)cc1. The first kappa shape index (κ1) is 25.4. The van der Waals surface area contributed by atoms with Gasteiger partial charge in [0.05, 0.1) is 7.11 Å². The number of rotatable bonds is 12. The monoisotopic (exact) mass is 438 g/mol. The predicted octanol–water partition coefficient (Wildman–Crippen LogP) is 4.91. The lowest BCUT2D eigenvalue weighted by Gasteiger charge is -2.31. The highest BCUT2D eigenvalue weighted by atomic mass is 16.5. The molecule has 2 rings (SSSR count). The molecule has 1 N–H and O–H groups in total. The molecule has 0 unspecified atom stereocenters. The van der Waals surface area contributed by atoms with Crippen LogP contribution in [0.2, 0.25) is 0 Å². The predicted molar refractivity (Wildman–Crippen MR) is 130 cm³/mol. The van der Waals surface area contributed by atoms with E-state index in [2.05, 4.69) is 36.5 Å². The van der Waals surface area contributed by atoms with Gasteiger partial charge in [0.2, 0.25) is 11.8 Å². The molecule has 0 aliphatic carbocycles. The van der Waals surface area contributed by atoms with Crippen LogP contribution in [0.5, 0.6) is 5.75 Å². The number of methoxy groups -OCH3 is 1. The number of nitrogens with zero attached hydrogens (tertiary/aromatic N) is 1. The molecule has 0 aliphatic heterocycles. The molecule has 2 aromatic rings. The summed E-state index contributed by atoms with van der Waals surface area (Å²) < 4.78 is 5.34. The van der Waals surface area contributed by atoms with E-state index in [1.54, 1.807) is 12.0 Å². The normalized spacial score (nSPS) is 12.7. The zero-order chi connectivity index (χ0) is 23.5. The summed E-state index contributed by atoms with van der Waals surface area (Å²) in [5, 5.41) is 3.05. The second-order valence-corrected chi connectivity index (χ2v) is 8.29. The van der Waals surface area contributed by atoms with Crippen molar-refractivity contribution in [3.8, 4) is 5.75 Å². The summed E-state index contributed by atoms with van der Waals surface area (Å²) in [6.07, 6.45) is 3.42. The van der Waals surface area contributed by atoms with Gasteiger partial charge >= 0.3 is 0 Å². The Bertz CT molecular complexity index is 863. The molecular weight excluding hydrogens is 400 g/mol. The molecule has 0 fully saturated rings. The maximum atomic E-state index is 13.4. The second kappa shape index (κ2) is 12.9. The van der Waals surface area contributed by atoms with Crippen molar-refractivity contribution in [1.82, 2.24) is 10.2 Å². The molecule has 0 radical (unpaired) electrons. The quantitative estimate of drug-likeness (QED) is 0.512. The number of carbonyl (C=O) groups excluding carboxylic acids is 2. The van der Waals surface area contributed by atoms with Gasteiger partial charge < -0.3 is 15.0 Å². The Morgan fingerprint density at radius 3 is 2.25 bits per heavy atom. The third-order valence-corrected chi connectivity index (χ3v) is 5.93. The number of hydrogen-bond acceptors (Lipinski definition) is 3. The van der Waals surface area contributed by atoms with E-state index in [-0.39, 0.29) is 17.9 Å². The highest BCUT2D eigenvalue weighted by Gasteiger charge is 2.29. The molecule has 2 aromatic carbocycles. The Kier molecular flexibility index (Phi) is 10.3. The molecule has 174 valence electrons. The molecule has 0 saturated heterocycles. The van der Waals surface area contributed by atoms with Crippen molar-refractivity contribution in [2.24, 2.45) is 0 Å². The van der Waals surface area contributed by atoms with Crippen LogP contribution in [0, 0.1) is 0 Å². The number of benzene rings is 2. The van der Waals surface area contributed by atoms with Crippen LogP contribution in [-0.4, -0.2) is 35.9 Å². The number of aryl methyl sites for hydroxylation is 2. The van der Waals surface area contributed by atoms with Crippen LogP contribution >= 0.6 is 0 Å². The van der Waals surface area contributed by atoms with Gasteiger partial charge in [0.15, 0.2) is 0 Å². The van der Waals surface area contributed by atoms with Gasteiger partial charge in [-0.1, -0.05) is 57.2 Å². The average molecular weight is 439 g/mol. The molecule has 0 spiro atoms. The number of hydrogen-bond donors (Lipinski definition) is 1. The summed E-state index contributed by atoms with van der Waals surface area (Å²) in [6, 6.07) is 15.6. The van der Waals surface area contributed by atoms with Gasteiger partial charge in [-0.25, -0.2) is 0 Å². The largest absolute Gasteiger partial charge is 0.497 e. The molecule has 5 heteroatoms. The van der Waals surface area contributed by atoms with E-state index < -0.39 is 6.04 Å². The van der Waals surface area contributed by atoms with Crippen molar-refractivity contribution in [3.05, 3.63) is 65.2 Å². The first-order valence-corrected chi connectivity index (χ1v) is 11.7. The standard InChI is InChI=1S/C27H38N2O3/c1-6-20(4)28-27(31)25(8-3)29(19-23-10-9-11-24(18-23)32-5)26(30)17-16-22-14-12-21(7-2)13-15-22/h9-15,18,20,25H,6-8,16-17,19H2,1-5H3,(H,28,31)/t20-,25+/m1/s1. The Morgan fingerprint density at radius 2 is 1.66 bits per heavy atom. The van der Waals surface area contributed by atoms with Crippen LogP contribution in [0.25, 0.3) is 0 Å². The lowest BCUT2D eigenvalue weighted by Crippen LogP contribution is -2.50. The topological polar surface area (TPSA) is 58.6 Å². The minimum absolute atomic E-state index is 0.0152. The van der Waals surface area contributed by atoms with Crippen LogP contribution in [0.4, 0.5) is 0 Å². The molecule has 0 saturated carbocycles. The van der Waals surface area contributed by atoms with Crippen molar-refractivity contribution in [2.45, 2.75) is 78.4 Å². The summed E-state index contributed by atoms with van der Waals surface area (Å²) in [5.41, 5.74) is 3.36. The fraction of sp³-hybridized carbons (Fsp3) is 0.481. The highest BCUT2D eigenvalue weighted by Crippen LogP contribution is 2.19. The molecule has 0 heterocycles. The number of nitrogens with one attached hydrogen (secondary N) is 1. The fourth-order valence-corrected chi connectivity index (χ4v) is 3.66. The zero-order valence-electron chi connectivity index (χ0n) is 20.2. The smallest absolute Gasteiger partial charge is 0.243 e. The maximum Gasteiger partial charge on any atom is 0.243 e. The molecule has 0 aliphatic rings. The summed E-state index contributed by atoms with van der Waals surface area (Å²) in [7, 11) is 1.63. The zero-order valence-corrected chi connectivity index (χ0v) is 20.2. The third kappa shape index (κ3) is 7.40. The third-order valence-electron chi connectivity index (χ3n) is 5.93. The van der Waals surface area contributed by atoms with Gasteiger partial charge in [-0.05, 0) is 61.4 Å². The van der Waals surface area contributed by atoms with E-state index in [9.17, 15) is 9.59 Å².